The van der Waals surface area contributed by atoms with Crippen LogP contribution in [0.3, 0.4) is 0 Å². The summed E-state index contributed by atoms with van der Waals surface area (Å²) < 4.78 is 33.9. The summed E-state index contributed by atoms with van der Waals surface area (Å²) >= 11 is 0. The zero-order valence-electron chi connectivity index (χ0n) is 15.9. The summed E-state index contributed by atoms with van der Waals surface area (Å²) in [4.78, 5) is 13.0. The fourth-order valence-electron chi connectivity index (χ4n) is 3.97. The lowest BCUT2D eigenvalue weighted by atomic mass is 9.87. The van der Waals surface area contributed by atoms with Gasteiger partial charge in [-0.15, -0.1) is 0 Å². The molecule has 0 spiro atoms. The maximum atomic E-state index is 12.9. The van der Waals surface area contributed by atoms with Gasteiger partial charge in [0, 0.05) is 26.3 Å². The lowest BCUT2D eigenvalue weighted by Crippen LogP contribution is -2.40. The fraction of sp³-hybridized carbons (Fsp3) is 0.450. The average Bonchev–Trinajstić information content (AvgIpc) is 3.11. The second kappa shape index (κ2) is 7.69. The zero-order chi connectivity index (χ0) is 19.7. The van der Waals surface area contributed by atoms with Crippen molar-refractivity contribution in [3.8, 4) is 0 Å². The summed E-state index contributed by atoms with van der Waals surface area (Å²) in [6.45, 7) is 1.44. The fourth-order valence-corrected chi connectivity index (χ4v) is 5.45. The smallest absolute Gasteiger partial charge is 0.268 e. The quantitative estimate of drug-likeness (QED) is 0.845. The Balaban J connectivity index is 1.55. The van der Waals surface area contributed by atoms with Gasteiger partial charge in [-0.2, -0.15) is 4.31 Å². The van der Waals surface area contributed by atoms with Crippen molar-refractivity contribution in [3.63, 3.8) is 0 Å². The van der Waals surface area contributed by atoms with Crippen molar-refractivity contribution in [2.75, 3.05) is 26.3 Å². The van der Waals surface area contributed by atoms with Gasteiger partial charge in [-0.05, 0) is 36.5 Å². The number of carbonyl (C=O) groups is 1. The Hall–Kier alpha value is -2.16. The number of carbonyl (C=O) groups excluding carboxylic acids is 1. The molecule has 2 heterocycles. The van der Waals surface area contributed by atoms with Crippen LogP contribution in [0.15, 0.2) is 41.4 Å². The number of amides is 1. The first kappa shape index (κ1) is 19.2. The lowest BCUT2D eigenvalue weighted by Gasteiger charge is -2.26. The first-order valence-corrected chi connectivity index (χ1v) is 11.0. The molecule has 1 aliphatic carbocycles. The van der Waals surface area contributed by atoms with Gasteiger partial charge in [0.15, 0.2) is 0 Å². The molecule has 150 valence electrons. The molecule has 1 N–H and O–H groups in total. The third-order valence-electron chi connectivity index (χ3n) is 5.50. The Kier molecular flexibility index (Phi) is 5.27. The Morgan fingerprint density at radius 2 is 1.96 bits per heavy atom. The van der Waals surface area contributed by atoms with Crippen molar-refractivity contribution < 1.29 is 17.9 Å². The number of rotatable bonds is 4. The number of benzene rings is 1. The topological polar surface area (TPSA) is 80.6 Å². The number of ether oxygens (including phenoxy) is 1. The van der Waals surface area contributed by atoms with Gasteiger partial charge >= 0.3 is 0 Å². The van der Waals surface area contributed by atoms with Gasteiger partial charge in [0.2, 0.25) is 10.0 Å². The predicted octanol–water partition coefficient (Wildman–Crippen LogP) is 1.85. The van der Waals surface area contributed by atoms with E-state index in [9.17, 15) is 13.2 Å². The van der Waals surface area contributed by atoms with Crippen LogP contribution in [-0.4, -0.2) is 49.5 Å². The highest BCUT2D eigenvalue weighted by molar-refractivity contribution is 7.89. The molecule has 0 radical (unpaired) electrons. The highest BCUT2D eigenvalue weighted by Gasteiger charge is 2.29. The van der Waals surface area contributed by atoms with Gasteiger partial charge in [0.25, 0.3) is 5.91 Å². The molecule has 1 amide bonds. The minimum atomic E-state index is -3.63. The van der Waals surface area contributed by atoms with Crippen molar-refractivity contribution in [2.45, 2.75) is 30.2 Å². The predicted molar refractivity (Wildman–Crippen MR) is 105 cm³/mol. The standard InChI is InChI=1S/C20H25N3O4S/c1-22-14-16(28(25,26)23-9-11-27-12-10-23)13-19(22)20(24)21-18-8-4-6-15-5-2-3-7-17(15)18/h2-3,5,7,13-14,18H,4,6,8-12H2,1H3,(H,21,24)/t18-/m1/s1. The summed E-state index contributed by atoms with van der Waals surface area (Å²) in [5, 5.41) is 3.09. The molecule has 1 aromatic heterocycles. The third-order valence-corrected chi connectivity index (χ3v) is 7.36. The van der Waals surface area contributed by atoms with Gasteiger partial charge in [-0.3, -0.25) is 4.79 Å². The molecular weight excluding hydrogens is 378 g/mol. The molecule has 8 heteroatoms. The summed E-state index contributed by atoms with van der Waals surface area (Å²) in [6.07, 6.45) is 4.43. The number of morpholine rings is 1. The molecule has 1 aliphatic heterocycles. The molecule has 28 heavy (non-hydrogen) atoms. The first-order valence-electron chi connectivity index (χ1n) is 9.60. The minimum absolute atomic E-state index is 0.0494. The summed E-state index contributed by atoms with van der Waals surface area (Å²) in [5.74, 6) is -0.257. The average molecular weight is 404 g/mol. The van der Waals surface area contributed by atoms with E-state index in [0.717, 1.165) is 24.8 Å². The van der Waals surface area contributed by atoms with E-state index in [0.29, 0.717) is 32.0 Å². The van der Waals surface area contributed by atoms with E-state index >= 15 is 0 Å². The number of nitrogens with zero attached hydrogens (tertiary/aromatic N) is 2. The molecule has 2 aromatic rings. The molecule has 4 rings (SSSR count). The van der Waals surface area contributed by atoms with E-state index in [4.69, 9.17) is 4.74 Å². The van der Waals surface area contributed by atoms with Crippen molar-refractivity contribution in [3.05, 3.63) is 53.3 Å². The highest BCUT2D eigenvalue weighted by atomic mass is 32.2. The van der Waals surface area contributed by atoms with E-state index in [1.54, 1.807) is 11.6 Å². The van der Waals surface area contributed by atoms with Crippen molar-refractivity contribution in [1.82, 2.24) is 14.2 Å². The third kappa shape index (κ3) is 3.59. The minimum Gasteiger partial charge on any atom is -0.379 e. The van der Waals surface area contributed by atoms with Crippen molar-refractivity contribution >= 4 is 15.9 Å². The number of fused-ring (bicyclic) bond motifs is 1. The molecule has 1 fully saturated rings. The maximum absolute atomic E-state index is 12.9. The van der Waals surface area contributed by atoms with E-state index in [-0.39, 0.29) is 16.8 Å². The molecule has 0 unspecified atom stereocenters. The molecule has 7 nitrogen and oxygen atoms in total. The monoisotopic (exact) mass is 403 g/mol. The first-order chi connectivity index (χ1) is 13.5. The second-order valence-electron chi connectivity index (χ2n) is 7.31. The Labute approximate surface area is 165 Å². The molecule has 1 aromatic carbocycles. The van der Waals surface area contributed by atoms with E-state index < -0.39 is 10.0 Å². The second-order valence-corrected chi connectivity index (χ2v) is 9.24. The maximum Gasteiger partial charge on any atom is 0.268 e. The van der Waals surface area contributed by atoms with Crippen LogP contribution >= 0.6 is 0 Å². The molecule has 2 aliphatic rings. The summed E-state index contributed by atoms with van der Waals surface area (Å²) in [6, 6.07) is 9.57. The number of hydrogen-bond donors (Lipinski definition) is 1. The van der Waals surface area contributed by atoms with Gasteiger partial charge in [0.05, 0.1) is 19.3 Å². The highest BCUT2D eigenvalue weighted by Crippen LogP contribution is 2.30. The zero-order valence-corrected chi connectivity index (χ0v) is 16.7. The van der Waals surface area contributed by atoms with Gasteiger partial charge in [-0.25, -0.2) is 8.42 Å². The molecule has 0 bridgehead atoms. The van der Waals surface area contributed by atoms with Crippen LogP contribution < -0.4 is 5.32 Å². The van der Waals surface area contributed by atoms with Crippen LogP contribution in [0.2, 0.25) is 0 Å². The normalized spacial score (nSPS) is 20.5. The number of aryl methyl sites for hydroxylation is 2. The Morgan fingerprint density at radius 1 is 1.21 bits per heavy atom. The Bertz CT molecular complexity index is 977. The van der Waals surface area contributed by atoms with Crippen molar-refractivity contribution in [2.24, 2.45) is 7.05 Å². The Morgan fingerprint density at radius 3 is 2.75 bits per heavy atom. The van der Waals surface area contributed by atoms with Crippen molar-refractivity contribution in [1.29, 1.82) is 0 Å². The summed E-state index contributed by atoms with van der Waals surface area (Å²) in [7, 11) is -1.93. The number of aromatic nitrogens is 1. The van der Waals surface area contributed by atoms with Crippen LogP contribution in [0.4, 0.5) is 0 Å². The van der Waals surface area contributed by atoms with Gasteiger partial charge < -0.3 is 14.6 Å². The molecule has 1 atom stereocenters. The molecular formula is C20H25N3O4S. The van der Waals surface area contributed by atoms with Crippen LogP contribution in [0.5, 0.6) is 0 Å². The summed E-state index contributed by atoms with van der Waals surface area (Å²) in [5.41, 5.74) is 2.76. The van der Waals surface area contributed by atoms with Gasteiger partial charge in [-0.1, -0.05) is 24.3 Å². The number of sulfonamides is 1. The van der Waals surface area contributed by atoms with Crippen LogP contribution in [0.1, 0.15) is 40.5 Å². The van der Waals surface area contributed by atoms with E-state index in [1.165, 1.54) is 22.1 Å². The lowest BCUT2D eigenvalue weighted by molar-refractivity contribution is 0.0730. The van der Waals surface area contributed by atoms with E-state index in [2.05, 4.69) is 17.4 Å². The largest absolute Gasteiger partial charge is 0.379 e. The van der Waals surface area contributed by atoms with Crippen LogP contribution in [0, 0.1) is 0 Å². The number of hydrogen-bond acceptors (Lipinski definition) is 4. The molecule has 1 saturated heterocycles. The van der Waals surface area contributed by atoms with Gasteiger partial charge in [0.1, 0.15) is 10.6 Å². The van der Waals surface area contributed by atoms with E-state index in [1.807, 2.05) is 12.1 Å². The molecule has 0 saturated carbocycles. The van der Waals surface area contributed by atoms with Crippen LogP contribution in [-0.2, 0) is 28.2 Å². The SMILES string of the molecule is Cn1cc(S(=O)(=O)N2CCOCC2)cc1C(=O)N[C@@H]1CCCc2ccccc21. The van der Waals surface area contributed by atoms with Crippen LogP contribution in [0.25, 0.3) is 0 Å². The number of nitrogens with one attached hydrogen (secondary N) is 1.